The third kappa shape index (κ3) is 5.38. The predicted octanol–water partition coefficient (Wildman–Crippen LogP) is 15.8. The van der Waals surface area contributed by atoms with Crippen LogP contribution in [0.15, 0.2) is 218 Å². The van der Waals surface area contributed by atoms with E-state index in [-0.39, 0.29) is 0 Å². The van der Waals surface area contributed by atoms with Crippen LogP contribution in [0.2, 0.25) is 0 Å². The smallest absolute Gasteiger partial charge is 0.00259 e. The minimum Gasteiger partial charge on any atom is -0.0622 e. The zero-order chi connectivity index (χ0) is 37.0. The van der Waals surface area contributed by atoms with Crippen LogP contribution in [0.3, 0.4) is 0 Å². The Labute approximate surface area is 326 Å². The molecule has 0 saturated heterocycles. The molecule has 0 aliphatic heterocycles. The molecule has 0 atom stereocenters. The van der Waals surface area contributed by atoms with Crippen LogP contribution in [-0.4, -0.2) is 0 Å². The zero-order valence-electron chi connectivity index (χ0n) is 30.8. The van der Waals surface area contributed by atoms with Gasteiger partial charge in [0, 0.05) is 0 Å². The van der Waals surface area contributed by atoms with E-state index in [0.29, 0.717) is 0 Å². The van der Waals surface area contributed by atoms with Crippen LogP contribution in [0.25, 0.3) is 109 Å². The SMILES string of the molecule is c1ccc(-c2cccc(-c3c4ccccc4c(-c4cccc(-c5ccccc5)c4)c4cc(-c5cccc6c5ccc5cc7ccccc7cc56)ccc34)c2)cc1. The molecule has 11 aromatic rings. The van der Waals surface area contributed by atoms with Gasteiger partial charge in [0.05, 0.1) is 0 Å². The molecule has 11 rings (SSSR count). The molecule has 0 heterocycles. The molecule has 0 radical (unpaired) electrons. The maximum atomic E-state index is 2.45. The summed E-state index contributed by atoms with van der Waals surface area (Å²) < 4.78 is 0. The van der Waals surface area contributed by atoms with Gasteiger partial charge in [0.2, 0.25) is 0 Å². The Morgan fingerprint density at radius 1 is 0.179 bits per heavy atom. The van der Waals surface area contributed by atoms with Crippen molar-refractivity contribution in [1.82, 2.24) is 0 Å². The molecule has 0 aliphatic rings. The van der Waals surface area contributed by atoms with E-state index >= 15 is 0 Å². The summed E-state index contributed by atoms with van der Waals surface area (Å²) in [5.74, 6) is 0. The molecule has 0 nitrogen and oxygen atoms in total. The predicted molar refractivity (Wildman–Crippen MR) is 241 cm³/mol. The van der Waals surface area contributed by atoms with Gasteiger partial charge in [-0.25, -0.2) is 0 Å². The standard InChI is InChI=1S/C56H36/c1-3-14-37(15-4-1)39-20-11-22-45(33-39)55-50-24-9-10-25-51(50)56(46-23-12-21-40(34-46)38-16-5-2-6-17-38)54-36-44(29-31-52(54)55)47-26-13-27-48-49(47)30-28-43-32-41-18-7-8-19-42(41)35-53(43)48/h1-36H. The maximum Gasteiger partial charge on any atom is -0.00259 e. The Balaban J connectivity index is 1.20. The summed E-state index contributed by atoms with van der Waals surface area (Å²) in [5, 5.41) is 12.6. The van der Waals surface area contributed by atoms with Gasteiger partial charge in [-0.15, -0.1) is 0 Å². The first-order valence-electron chi connectivity index (χ1n) is 19.4. The molecule has 0 fully saturated rings. The van der Waals surface area contributed by atoms with E-state index in [2.05, 4.69) is 218 Å². The average Bonchev–Trinajstić information content (AvgIpc) is 3.27. The highest BCUT2D eigenvalue weighted by atomic mass is 14.2. The summed E-state index contributed by atoms with van der Waals surface area (Å²) in [4.78, 5) is 0. The largest absolute Gasteiger partial charge is 0.0622 e. The third-order valence-corrected chi connectivity index (χ3v) is 11.6. The van der Waals surface area contributed by atoms with Crippen molar-refractivity contribution in [2.45, 2.75) is 0 Å². The number of hydrogen-bond donors (Lipinski definition) is 0. The fourth-order valence-corrected chi connectivity index (χ4v) is 8.97. The van der Waals surface area contributed by atoms with Crippen molar-refractivity contribution in [3.8, 4) is 55.6 Å². The lowest BCUT2D eigenvalue weighted by Gasteiger charge is -2.20. The van der Waals surface area contributed by atoms with Gasteiger partial charge in [-0.3, -0.25) is 0 Å². The molecule has 0 bridgehead atoms. The Bertz CT molecular complexity index is 3280. The number of fused-ring (bicyclic) bond motifs is 6. The molecule has 0 heteroatoms. The summed E-state index contributed by atoms with van der Waals surface area (Å²) in [5.41, 5.74) is 12.3. The highest BCUT2D eigenvalue weighted by Gasteiger charge is 2.19. The van der Waals surface area contributed by atoms with Crippen molar-refractivity contribution < 1.29 is 0 Å². The lowest BCUT2D eigenvalue weighted by atomic mass is 9.83. The van der Waals surface area contributed by atoms with Crippen molar-refractivity contribution >= 4 is 53.9 Å². The summed E-state index contributed by atoms with van der Waals surface area (Å²) in [6.07, 6.45) is 0. The monoisotopic (exact) mass is 708 g/mol. The van der Waals surface area contributed by atoms with Gasteiger partial charge in [0.1, 0.15) is 0 Å². The zero-order valence-corrected chi connectivity index (χ0v) is 30.8. The molecule has 0 amide bonds. The van der Waals surface area contributed by atoms with Crippen molar-refractivity contribution in [3.63, 3.8) is 0 Å². The van der Waals surface area contributed by atoms with Crippen LogP contribution in [0.1, 0.15) is 0 Å². The van der Waals surface area contributed by atoms with E-state index in [0.717, 1.165) is 0 Å². The first-order valence-corrected chi connectivity index (χ1v) is 19.4. The minimum absolute atomic E-state index is 1.21. The van der Waals surface area contributed by atoms with E-state index in [4.69, 9.17) is 0 Å². The van der Waals surface area contributed by atoms with Gasteiger partial charge in [0.25, 0.3) is 0 Å². The normalized spacial score (nSPS) is 11.6. The van der Waals surface area contributed by atoms with Gasteiger partial charge in [-0.1, -0.05) is 188 Å². The Hall–Kier alpha value is -7.28. The molecular weight excluding hydrogens is 673 g/mol. The minimum atomic E-state index is 1.21. The molecule has 0 saturated carbocycles. The van der Waals surface area contributed by atoms with E-state index in [1.165, 1.54) is 109 Å². The molecule has 260 valence electrons. The molecular formula is C56H36. The second-order valence-electron chi connectivity index (χ2n) is 14.8. The summed E-state index contributed by atoms with van der Waals surface area (Å²) >= 11 is 0. The molecule has 0 aromatic heterocycles. The van der Waals surface area contributed by atoms with Crippen LogP contribution in [0, 0.1) is 0 Å². The summed E-state index contributed by atoms with van der Waals surface area (Å²) in [6.45, 7) is 0. The van der Waals surface area contributed by atoms with Crippen LogP contribution >= 0.6 is 0 Å². The summed E-state index contributed by atoms with van der Waals surface area (Å²) in [7, 11) is 0. The average molecular weight is 709 g/mol. The first kappa shape index (κ1) is 32.2. The van der Waals surface area contributed by atoms with Gasteiger partial charge in [0.15, 0.2) is 0 Å². The molecule has 56 heavy (non-hydrogen) atoms. The van der Waals surface area contributed by atoms with Gasteiger partial charge in [-0.2, -0.15) is 0 Å². The lowest BCUT2D eigenvalue weighted by Crippen LogP contribution is -1.93. The van der Waals surface area contributed by atoms with E-state index in [9.17, 15) is 0 Å². The first-order chi connectivity index (χ1) is 27.8. The van der Waals surface area contributed by atoms with E-state index in [1.54, 1.807) is 0 Å². The molecule has 0 aliphatic carbocycles. The number of benzene rings is 11. The lowest BCUT2D eigenvalue weighted by molar-refractivity contribution is 1.60. The van der Waals surface area contributed by atoms with Gasteiger partial charge >= 0.3 is 0 Å². The third-order valence-electron chi connectivity index (χ3n) is 11.6. The maximum absolute atomic E-state index is 2.45. The number of hydrogen-bond acceptors (Lipinski definition) is 0. The Kier molecular flexibility index (Phi) is 7.60. The second kappa shape index (κ2) is 13.2. The molecule has 0 N–H and O–H groups in total. The Morgan fingerprint density at radius 3 is 1.32 bits per heavy atom. The van der Waals surface area contributed by atoms with Gasteiger partial charge < -0.3 is 0 Å². The Morgan fingerprint density at radius 2 is 0.661 bits per heavy atom. The van der Waals surface area contributed by atoms with Crippen LogP contribution in [0.5, 0.6) is 0 Å². The highest BCUT2D eigenvalue weighted by molar-refractivity contribution is 6.23. The van der Waals surface area contributed by atoms with Gasteiger partial charge in [-0.05, 0) is 140 Å². The summed E-state index contributed by atoms with van der Waals surface area (Å²) in [6, 6.07) is 80.5. The van der Waals surface area contributed by atoms with Crippen LogP contribution < -0.4 is 0 Å². The number of rotatable bonds is 5. The fourth-order valence-electron chi connectivity index (χ4n) is 8.97. The topological polar surface area (TPSA) is 0 Å². The molecule has 0 spiro atoms. The van der Waals surface area contributed by atoms with Crippen LogP contribution in [0.4, 0.5) is 0 Å². The van der Waals surface area contributed by atoms with E-state index < -0.39 is 0 Å². The van der Waals surface area contributed by atoms with Crippen molar-refractivity contribution in [2.75, 3.05) is 0 Å². The van der Waals surface area contributed by atoms with Crippen molar-refractivity contribution in [1.29, 1.82) is 0 Å². The highest BCUT2D eigenvalue weighted by Crippen LogP contribution is 2.46. The van der Waals surface area contributed by atoms with Crippen LogP contribution in [-0.2, 0) is 0 Å². The fraction of sp³-hybridized carbons (Fsp3) is 0. The quantitative estimate of drug-likeness (QED) is 0.123. The second-order valence-corrected chi connectivity index (χ2v) is 14.8. The van der Waals surface area contributed by atoms with Crippen molar-refractivity contribution in [2.24, 2.45) is 0 Å². The van der Waals surface area contributed by atoms with E-state index in [1.807, 2.05) is 0 Å². The van der Waals surface area contributed by atoms with Crippen molar-refractivity contribution in [3.05, 3.63) is 218 Å². The molecule has 0 unspecified atom stereocenters. The molecule has 11 aromatic carbocycles.